The third-order valence-electron chi connectivity index (χ3n) is 4.47. The van der Waals surface area contributed by atoms with E-state index in [1.54, 1.807) is 14.2 Å². The van der Waals surface area contributed by atoms with E-state index in [2.05, 4.69) is 58.7 Å². The predicted molar refractivity (Wildman–Crippen MR) is 129 cm³/mol. The van der Waals surface area contributed by atoms with Crippen molar-refractivity contribution in [2.45, 2.75) is 33.2 Å². The van der Waals surface area contributed by atoms with Gasteiger partial charge in [-0.25, -0.2) is 0 Å². The fourth-order valence-corrected chi connectivity index (χ4v) is 2.83. The van der Waals surface area contributed by atoms with Gasteiger partial charge in [0.1, 0.15) is 5.75 Å². The van der Waals surface area contributed by atoms with Crippen LogP contribution in [-0.2, 0) is 17.7 Å². The molecule has 0 amide bonds. The zero-order valence-electron chi connectivity index (χ0n) is 17.8. The highest BCUT2D eigenvalue weighted by Crippen LogP contribution is 2.20. The number of nitrogens with zero attached hydrogens (tertiary/aromatic N) is 2. The summed E-state index contributed by atoms with van der Waals surface area (Å²) in [7, 11) is 3.49. The zero-order chi connectivity index (χ0) is 20.2. The largest absolute Gasteiger partial charge is 0.493 e. The second kappa shape index (κ2) is 14.2. The number of hydrogen-bond acceptors (Lipinski definition) is 4. The molecule has 0 saturated heterocycles. The molecule has 2 aromatic rings. The van der Waals surface area contributed by atoms with Crippen LogP contribution in [0.3, 0.4) is 0 Å². The van der Waals surface area contributed by atoms with Crippen molar-refractivity contribution in [1.29, 1.82) is 0 Å². The van der Waals surface area contributed by atoms with Crippen LogP contribution in [0.2, 0.25) is 0 Å². The van der Waals surface area contributed by atoms with E-state index in [0.29, 0.717) is 19.8 Å². The molecule has 1 aromatic heterocycles. The molecule has 29 heavy (non-hydrogen) atoms. The van der Waals surface area contributed by atoms with Crippen molar-refractivity contribution in [2.75, 3.05) is 33.9 Å². The van der Waals surface area contributed by atoms with Gasteiger partial charge in [0.15, 0.2) is 5.96 Å². The second-order valence-corrected chi connectivity index (χ2v) is 6.71. The van der Waals surface area contributed by atoms with Gasteiger partial charge < -0.3 is 20.1 Å². The maximum atomic E-state index is 5.95. The Bertz CT molecular complexity index is 768. The van der Waals surface area contributed by atoms with Gasteiger partial charge in [-0.2, -0.15) is 0 Å². The van der Waals surface area contributed by atoms with E-state index < -0.39 is 0 Å². The molecular weight excluding hydrogens is 479 g/mol. The fraction of sp³-hybridized carbons (Fsp3) is 0.455. The van der Waals surface area contributed by atoms with Crippen LogP contribution in [0.1, 0.15) is 28.7 Å². The summed E-state index contributed by atoms with van der Waals surface area (Å²) in [4.78, 5) is 8.45. The van der Waals surface area contributed by atoms with Crippen LogP contribution in [0.25, 0.3) is 0 Å². The van der Waals surface area contributed by atoms with Crippen molar-refractivity contribution in [3.63, 3.8) is 0 Å². The van der Waals surface area contributed by atoms with Crippen molar-refractivity contribution in [1.82, 2.24) is 15.6 Å². The molecule has 7 heteroatoms. The summed E-state index contributed by atoms with van der Waals surface area (Å²) < 4.78 is 11.0. The monoisotopic (exact) mass is 512 g/mol. The first-order valence-corrected chi connectivity index (χ1v) is 9.69. The molecule has 0 saturated carbocycles. The molecule has 0 radical (unpaired) electrons. The third-order valence-corrected chi connectivity index (χ3v) is 4.47. The quantitative estimate of drug-likeness (QED) is 0.220. The number of guanidine groups is 1. The molecule has 1 heterocycles. The van der Waals surface area contributed by atoms with Crippen LogP contribution in [0, 0.1) is 13.8 Å². The summed E-state index contributed by atoms with van der Waals surface area (Å²) in [6, 6.07) is 8.34. The number of aromatic nitrogens is 1. The Morgan fingerprint density at radius 1 is 1.10 bits per heavy atom. The predicted octanol–water partition coefficient (Wildman–Crippen LogP) is 3.64. The van der Waals surface area contributed by atoms with Gasteiger partial charge in [0.25, 0.3) is 0 Å². The van der Waals surface area contributed by atoms with Crippen molar-refractivity contribution in [2.24, 2.45) is 4.99 Å². The summed E-state index contributed by atoms with van der Waals surface area (Å²) >= 11 is 0. The number of ether oxygens (including phenoxy) is 2. The summed E-state index contributed by atoms with van der Waals surface area (Å²) in [6.07, 6.45) is 5.53. The first kappa shape index (κ1) is 25.2. The van der Waals surface area contributed by atoms with Gasteiger partial charge in [0.05, 0.1) is 6.61 Å². The average molecular weight is 512 g/mol. The molecule has 2 N–H and O–H groups in total. The standard InChI is InChI=1S/C22H32N4O2.HI/c1-17-6-7-20(21(14-17)28-13-5-12-27-4)16-26-22(23-3)25-11-9-19-8-10-24-15-18(19)2;/h6-8,10,14-15H,5,9,11-13,16H2,1-4H3,(H2,23,25,26);1H. The highest BCUT2D eigenvalue weighted by molar-refractivity contribution is 14.0. The van der Waals surface area contributed by atoms with Crippen LogP contribution in [0.4, 0.5) is 0 Å². The normalized spacial score (nSPS) is 11.0. The number of pyridine rings is 1. The molecule has 6 nitrogen and oxygen atoms in total. The number of hydrogen-bond donors (Lipinski definition) is 2. The Balaban J connectivity index is 0.00000420. The first-order valence-electron chi connectivity index (χ1n) is 9.69. The number of halogens is 1. The lowest BCUT2D eigenvalue weighted by molar-refractivity contribution is 0.172. The second-order valence-electron chi connectivity index (χ2n) is 6.71. The lowest BCUT2D eigenvalue weighted by Crippen LogP contribution is -2.38. The Hall–Kier alpha value is -1.87. The van der Waals surface area contributed by atoms with Crippen LogP contribution in [0.15, 0.2) is 41.7 Å². The number of benzene rings is 1. The fourth-order valence-electron chi connectivity index (χ4n) is 2.83. The summed E-state index contributed by atoms with van der Waals surface area (Å²) in [5.41, 5.74) is 4.79. The van der Waals surface area contributed by atoms with E-state index in [1.807, 2.05) is 12.4 Å². The minimum Gasteiger partial charge on any atom is -0.493 e. The minimum atomic E-state index is 0. The van der Waals surface area contributed by atoms with Crippen LogP contribution >= 0.6 is 24.0 Å². The van der Waals surface area contributed by atoms with Gasteiger partial charge >= 0.3 is 0 Å². The van der Waals surface area contributed by atoms with Crippen molar-refractivity contribution in [3.8, 4) is 5.75 Å². The maximum Gasteiger partial charge on any atom is 0.191 e. The summed E-state index contributed by atoms with van der Waals surface area (Å²) in [5.74, 6) is 1.68. The number of methoxy groups -OCH3 is 1. The number of nitrogens with one attached hydrogen (secondary N) is 2. The molecule has 0 aliphatic heterocycles. The van der Waals surface area contributed by atoms with E-state index in [4.69, 9.17) is 9.47 Å². The Labute approximate surface area is 191 Å². The number of aliphatic imine (C=N–C) groups is 1. The lowest BCUT2D eigenvalue weighted by atomic mass is 10.1. The van der Waals surface area contributed by atoms with E-state index in [9.17, 15) is 0 Å². The lowest BCUT2D eigenvalue weighted by Gasteiger charge is -2.16. The summed E-state index contributed by atoms with van der Waals surface area (Å²) in [6.45, 7) is 6.95. The van der Waals surface area contributed by atoms with Gasteiger partial charge in [0.2, 0.25) is 0 Å². The van der Waals surface area contributed by atoms with E-state index in [0.717, 1.165) is 36.7 Å². The van der Waals surface area contributed by atoms with Gasteiger partial charge in [0, 0.05) is 58.2 Å². The molecule has 0 aliphatic carbocycles. The number of rotatable bonds is 10. The van der Waals surface area contributed by atoms with Gasteiger partial charge in [-0.3, -0.25) is 9.98 Å². The molecule has 0 atom stereocenters. The van der Waals surface area contributed by atoms with Crippen molar-refractivity contribution in [3.05, 3.63) is 58.9 Å². The third kappa shape index (κ3) is 8.99. The van der Waals surface area contributed by atoms with E-state index in [1.165, 1.54) is 16.7 Å². The average Bonchev–Trinajstić information content (AvgIpc) is 2.70. The molecule has 0 bridgehead atoms. The van der Waals surface area contributed by atoms with Crippen molar-refractivity contribution >= 4 is 29.9 Å². The highest BCUT2D eigenvalue weighted by Gasteiger charge is 2.06. The summed E-state index contributed by atoms with van der Waals surface area (Å²) in [5, 5.41) is 6.74. The Morgan fingerprint density at radius 3 is 2.66 bits per heavy atom. The molecule has 160 valence electrons. The van der Waals surface area contributed by atoms with E-state index in [-0.39, 0.29) is 24.0 Å². The Morgan fingerprint density at radius 2 is 1.93 bits per heavy atom. The topological polar surface area (TPSA) is 67.8 Å². The molecular formula is C22H33IN4O2. The van der Waals surface area contributed by atoms with Gasteiger partial charge in [-0.05, 0) is 49.1 Å². The molecule has 0 spiro atoms. The first-order chi connectivity index (χ1) is 13.6. The molecule has 0 unspecified atom stereocenters. The highest BCUT2D eigenvalue weighted by atomic mass is 127. The van der Waals surface area contributed by atoms with E-state index >= 15 is 0 Å². The maximum absolute atomic E-state index is 5.95. The smallest absolute Gasteiger partial charge is 0.191 e. The van der Waals surface area contributed by atoms with Crippen LogP contribution < -0.4 is 15.4 Å². The van der Waals surface area contributed by atoms with Crippen molar-refractivity contribution < 1.29 is 9.47 Å². The molecule has 0 fully saturated rings. The van der Waals surface area contributed by atoms with Crippen LogP contribution in [0.5, 0.6) is 5.75 Å². The number of aryl methyl sites for hydroxylation is 2. The molecule has 2 rings (SSSR count). The Kier molecular flexibility index (Phi) is 12.3. The molecule has 1 aromatic carbocycles. The zero-order valence-corrected chi connectivity index (χ0v) is 20.2. The van der Waals surface area contributed by atoms with Gasteiger partial charge in [-0.1, -0.05) is 12.1 Å². The minimum absolute atomic E-state index is 0. The van der Waals surface area contributed by atoms with Crippen LogP contribution in [-0.4, -0.2) is 44.9 Å². The van der Waals surface area contributed by atoms with Gasteiger partial charge in [-0.15, -0.1) is 24.0 Å². The molecule has 0 aliphatic rings. The SMILES string of the molecule is CN=C(NCCc1ccncc1C)NCc1ccc(C)cc1OCCCOC.I.